The lowest BCUT2D eigenvalue weighted by Crippen LogP contribution is -2.53. The van der Waals surface area contributed by atoms with Crippen molar-refractivity contribution >= 4 is 10.0 Å². The molecule has 2 N–H and O–H groups in total. The average molecular weight is 200 g/mol. The molecule has 0 aromatic heterocycles. The molecule has 1 fully saturated rings. The molecule has 0 spiro atoms. The van der Waals surface area contributed by atoms with Crippen molar-refractivity contribution in [1.29, 1.82) is 0 Å². The third kappa shape index (κ3) is 1.57. The zero-order chi connectivity index (χ0) is 9.35. The van der Waals surface area contributed by atoms with Gasteiger partial charge >= 0.3 is 5.76 Å². The Bertz CT molecular complexity index is 248. The third-order valence-electron chi connectivity index (χ3n) is 1.84. The van der Waals surface area contributed by atoms with Crippen LogP contribution in [0.25, 0.3) is 0 Å². The second-order valence-electron chi connectivity index (χ2n) is 2.72. The quantitative estimate of drug-likeness (QED) is 0.663. The first-order chi connectivity index (χ1) is 5.48. The fourth-order valence-electron chi connectivity index (χ4n) is 0.992. The minimum Gasteiger partial charge on any atom is -0.330 e. The van der Waals surface area contributed by atoms with Crippen molar-refractivity contribution < 1.29 is 17.2 Å². The normalized spacial score (nSPS) is 21.3. The summed E-state index contributed by atoms with van der Waals surface area (Å²) < 4.78 is 45.9. The van der Waals surface area contributed by atoms with Crippen LogP contribution in [-0.4, -0.2) is 38.1 Å². The summed E-state index contributed by atoms with van der Waals surface area (Å²) in [5.41, 5.74) is 5.21. The van der Waals surface area contributed by atoms with Crippen LogP contribution in [0.5, 0.6) is 0 Å². The monoisotopic (exact) mass is 200 g/mol. The van der Waals surface area contributed by atoms with E-state index in [1.165, 1.54) is 0 Å². The van der Waals surface area contributed by atoms with E-state index in [0.717, 1.165) is 4.31 Å². The Morgan fingerprint density at radius 3 is 2.33 bits per heavy atom. The molecule has 4 nitrogen and oxygen atoms in total. The van der Waals surface area contributed by atoms with Gasteiger partial charge in [0.25, 0.3) is 10.0 Å². The Morgan fingerprint density at radius 2 is 2.00 bits per heavy atom. The van der Waals surface area contributed by atoms with Crippen LogP contribution in [0.2, 0.25) is 0 Å². The third-order valence-corrected chi connectivity index (χ3v) is 3.31. The largest absolute Gasteiger partial charge is 0.350 e. The van der Waals surface area contributed by atoms with Crippen molar-refractivity contribution in [1.82, 2.24) is 4.31 Å². The van der Waals surface area contributed by atoms with Gasteiger partial charge in [-0.3, -0.25) is 0 Å². The molecule has 12 heavy (non-hydrogen) atoms. The molecule has 0 aliphatic carbocycles. The lowest BCUT2D eigenvalue weighted by Gasteiger charge is -2.36. The van der Waals surface area contributed by atoms with Gasteiger partial charge in [0.2, 0.25) is 0 Å². The zero-order valence-corrected chi connectivity index (χ0v) is 7.10. The number of rotatable bonds is 3. The van der Waals surface area contributed by atoms with Crippen LogP contribution in [-0.2, 0) is 10.0 Å². The van der Waals surface area contributed by atoms with Crippen molar-refractivity contribution in [2.45, 2.75) is 5.76 Å². The van der Waals surface area contributed by atoms with Crippen LogP contribution >= 0.6 is 0 Å². The van der Waals surface area contributed by atoms with Crippen LogP contribution in [0.4, 0.5) is 8.78 Å². The van der Waals surface area contributed by atoms with Crippen molar-refractivity contribution in [2.75, 3.05) is 19.6 Å². The van der Waals surface area contributed by atoms with Crippen molar-refractivity contribution in [2.24, 2.45) is 11.7 Å². The second-order valence-corrected chi connectivity index (χ2v) is 4.63. The smallest absolute Gasteiger partial charge is 0.330 e. The molecule has 0 radical (unpaired) electrons. The van der Waals surface area contributed by atoms with Crippen LogP contribution in [0.3, 0.4) is 0 Å². The highest BCUT2D eigenvalue weighted by Gasteiger charge is 2.40. The van der Waals surface area contributed by atoms with E-state index in [4.69, 9.17) is 5.73 Å². The number of halogens is 2. The Labute approximate surface area is 69.4 Å². The highest BCUT2D eigenvalue weighted by Crippen LogP contribution is 2.22. The van der Waals surface area contributed by atoms with Gasteiger partial charge in [-0.1, -0.05) is 0 Å². The molecule has 1 aliphatic rings. The van der Waals surface area contributed by atoms with Crippen molar-refractivity contribution in [3.05, 3.63) is 0 Å². The van der Waals surface area contributed by atoms with Gasteiger partial charge in [-0.05, 0) is 12.5 Å². The molecular formula is C5H10F2N2O2S. The highest BCUT2D eigenvalue weighted by molar-refractivity contribution is 7.89. The topological polar surface area (TPSA) is 63.4 Å². The Hall–Kier alpha value is -0.270. The number of nitrogens with zero attached hydrogens (tertiary/aromatic N) is 1. The number of hydrogen-bond acceptors (Lipinski definition) is 3. The van der Waals surface area contributed by atoms with E-state index in [2.05, 4.69) is 0 Å². The molecule has 7 heteroatoms. The first-order valence-electron chi connectivity index (χ1n) is 3.45. The maximum atomic E-state index is 11.9. The summed E-state index contributed by atoms with van der Waals surface area (Å²) in [6.07, 6.45) is 0. The summed E-state index contributed by atoms with van der Waals surface area (Å²) in [4.78, 5) is 0. The van der Waals surface area contributed by atoms with E-state index in [1.807, 2.05) is 0 Å². The van der Waals surface area contributed by atoms with Gasteiger partial charge in [0.05, 0.1) is 0 Å². The van der Waals surface area contributed by atoms with E-state index in [1.54, 1.807) is 0 Å². The Morgan fingerprint density at radius 1 is 1.50 bits per heavy atom. The van der Waals surface area contributed by atoms with E-state index in [0.29, 0.717) is 6.54 Å². The summed E-state index contributed by atoms with van der Waals surface area (Å²) in [5, 5.41) is 0. The molecule has 0 bridgehead atoms. The predicted octanol–water partition coefficient (Wildman–Crippen LogP) is -0.571. The molecule has 72 valence electrons. The van der Waals surface area contributed by atoms with Crippen LogP contribution in [0.1, 0.15) is 0 Å². The highest BCUT2D eigenvalue weighted by atomic mass is 32.2. The fourth-order valence-corrected chi connectivity index (χ4v) is 2.05. The van der Waals surface area contributed by atoms with E-state index >= 15 is 0 Å². The molecule has 0 unspecified atom stereocenters. The first kappa shape index (κ1) is 9.82. The molecular weight excluding hydrogens is 190 g/mol. The predicted molar refractivity (Wildman–Crippen MR) is 39.0 cm³/mol. The maximum absolute atomic E-state index is 11.9. The number of alkyl halides is 2. The van der Waals surface area contributed by atoms with Gasteiger partial charge in [0, 0.05) is 13.1 Å². The van der Waals surface area contributed by atoms with Crippen LogP contribution < -0.4 is 5.73 Å². The molecule has 0 amide bonds. The van der Waals surface area contributed by atoms with E-state index < -0.39 is 15.8 Å². The molecule has 1 saturated heterocycles. The summed E-state index contributed by atoms with van der Waals surface area (Å²) in [6.45, 7) is 0.599. The maximum Gasteiger partial charge on any atom is 0.350 e. The standard InChI is InChI=1S/C5H10F2N2O2S/c6-5(7)12(10,11)9-2-4(1-8)3-9/h4-5H,1-3,8H2. The summed E-state index contributed by atoms with van der Waals surface area (Å²) in [5.74, 6) is -3.27. The summed E-state index contributed by atoms with van der Waals surface area (Å²) in [6, 6.07) is 0. The minimum atomic E-state index is -4.34. The Balaban J connectivity index is 2.53. The van der Waals surface area contributed by atoms with Crippen molar-refractivity contribution in [3.63, 3.8) is 0 Å². The lowest BCUT2D eigenvalue weighted by molar-refractivity contribution is 0.169. The number of hydrogen-bond donors (Lipinski definition) is 1. The molecule has 0 saturated carbocycles. The molecule has 0 aromatic carbocycles. The van der Waals surface area contributed by atoms with Gasteiger partial charge in [0.1, 0.15) is 0 Å². The van der Waals surface area contributed by atoms with Gasteiger partial charge in [-0.25, -0.2) is 8.42 Å². The molecule has 1 heterocycles. The zero-order valence-electron chi connectivity index (χ0n) is 6.28. The SMILES string of the molecule is NCC1CN(S(=O)(=O)C(F)F)C1. The lowest BCUT2D eigenvalue weighted by atomic mass is 10.0. The van der Waals surface area contributed by atoms with Crippen molar-refractivity contribution in [3.8, 4) is 0 Å². The van der Waals surface area contributed by atoms with Gasteiger partial charge in [0.15, 0.2) is 0 Å². The minimum absolute atomic E-state index is 0.0403. The van der Waals surface area contributed by atoms with Crippen LogP contribution in [0, 0.1) is 5.92 Å². The van der Waals surface area contributed by atoms with Gasteiger partial charge in [-0.2, -0.15) is 13.1 Å². The second kappa shape index (κ2) is 3.23. The molecule has 0 atom stereocenters. The van der Waals surface area contributed by atoms with E-state index in [9.17, 15) is 17.2 Å². The van der Waals surface area contributed by atoms with Gasteiger partial charge < -0.3 is 5.73 Å². The number of sulfonamides is 1. The van der Waals surface area contributed by atoms with E-state index in [-0.39, 0.29) is 19.0 Å². The summed E-state index contributed by atoms with van der Waals surface area (Å²) in [7, 11) is -4.34. The van der Waals surface area contributed by atoms with Crippen LogP contribution in [0.15, 0.2) is 0 Å². The first-order valence-corrected chi connectivity index (χ1v) is 4.96. The number of nitrogens with two attached hydrogens (primary N) is 1. The Kier molecular flexibility index (Phi) is 2.64. The summed E-state index contributed by atoms with van der Waals surface area (Å²) >= 11 is 0. The van der Waals surface area contributed by atoms with Gasteiger partial charge in [-0.15, -0.1) is 0 Å². The molecule has 1 aliphatic heterocycles. The fraction of sp³-hybridized carbons (Fsp3) is 1.00. The molecule has 1 rings (SSSR count). The molecule has 0 aromatic rings. The average Bonchev–Trinajstić information content (AvgIpc) is 1.84.